The zero-order valence-corrected chi connectivity index (χ0v) is 18.4. The summed E-state index contributed by atoms with van der Waals surface area (Å²) in [6.45, 7) is 0. The molecule has 0 bridgehead atoms. The van der Waals surface area contributed by atoms with E-state index in [4.69, 9.17) is 0 Å². The molecule has 0 aliphatic carbocycles. The lowest BCUT2D eigenvalue weighted by Crippen LogP contribution is -2.11. The summed E-state index contributed by atoms with van der Waals surface area (Å²) in [6.07, 6.45) is 0. The van der Waals surface area contributed by atoms with Gasteiger partial charge in [0.05, 0.1) is 0 Å². The summed E-state index contributed by atoms with van der Waals surface area (Å²) >= 11 is 0. The Morgan fingerprint density at radius 2 is 0.794 bits per heavy atom. The molecule has 0 unspecified atom stereocenters. The molecule has 162 valence electrons. The average Bonchev–Trinajstić information content (AvgIpc) is 2.93. The second kappa shape index (κ2) is 9.47. The van der Waals surface area contributed by atoms with Crippen LogP contribution in [0.5, 0.6) is 0 Å². The fourth-order valence-corrected chi connectivity index (χ4v) is 4.06. The normalized spacial score (nSPS) is 10.6. The van der Waals surface area contributed by atoms with Crippen LogP contribution >= 0.6 is 0 Å². The quantitative estimate of drug-likeness (QED) is 0.271. The fraction of sp³-hybridized carbons (Fsp3) is 0. The van der Waals surface area contributed by atoms with Gasteiger partial charge in [0, 0.05) is 11.1 Å². The zero-order chi connectivity index (χ0) is 23.3. The Balaban J connectivity index is 1.52. The Hall–Kier alpha value is -4.63. The van der Waals surface area contributed by atoms with Gasteiger partial charge in [-0.1, -0.05) is 115 Å². The van der Waals surface area contributed by atoms with Crippen molar-refractivity contribution in [1.82, 2.24) is 4.98 Å². The van der Waals surface area contributed by atoms with Crippen LogP contribution in [-0.2, 0) is 0 Å². The second-order valence-electron chi connectivity index (χ2n) is 7.89. The number of pyridine rings is 1. The van der Waals surface area contributed by atoms with Gasteiger partial charge in [-0.2, -0.15) is 0 Å². The van der Waals surface area contributed by atoms with Crippen molar-refractivity contribution in [3.8, 4) is 22.3 Å². The maximum absolute atomic E-state index is 13.5. The Morgan fingerprint density at radius 1 is 0.412 bits per heavy atom. The van der Waals surface area contributed by atoms with Crippen LogP contribution in [0.1, 0.15) is 32.1 Å². The van der Waals surface area contributed by atoms with Crippen LogP contribution in [0.2, 0.25) is 0 Å². The number of hydrogen-bond donors (Lipinski definition) is 0. The van der Waals surface area contributed by atoms with Crippen LogP contribution in [0.25, 0.3) is 22.3 Å². The number of aromatic nitrogens is 1. The van der Waals surface area contributed by atoms with Crippen molar-refractivity contribution in [2.45, 2.75) is 0 Å². The summed E-state index contributed by atoms with van der Waals surface area (Å²) in [5, 5.41) is 0. The first-order valence-electron chi connectivity index (χ1n) is 11.1. The summed E-state index contributed by atoms with van der Waals surface area (Å²) in [6, 6.07) is 39.5. The first-order chi connectivity index (χ1) is 16.7. The molecule has 0 aliphatic rings. The molecule has 34 heavy (non-hydrogen) atoms. The van der Waals surface area contributed by atoms with Gasteiger partial charge in [-0.15, -0.1) is 0 Å². The molecule has 0 saturated carbocycles. The highest BCUT2D eigenvalue weighted by Crippen LogP contribution is 2.27. The van der Waals surface area contributed by atoms with Crippen LogP contribution in [0.3, 0.4) is 0 Å². The standard InChI is InChI=1S/C31H21NO2/c33-30(26-18-9-7-16-24(26)22-12-3-1-4-13-22)28-20-11-21-29(32-28)31(34)27-19-10-8-17-25(27)23-14-5-2-6-15-23/h1-21H. The summed E-state index contributed by atoms with van der Waals surface area (Å²) in [7, 11) is 0. The van der Waals surface area contributed by atoms with Crippen molar-refractivity contribution in [2.75, 3.05) is 0 Å². The molecule has 0 radical (unpaired) electrons. The monoisotopic (exact) mass is 439 g/mol. The average molecular weight is 440 g/mol. The van der Waals surface area contributed by atoms with Crippen molar-refractivity contribution < 1.29 is 9.59 Å². The van der Waals surface area contributed by atoms with E-state index in [1.54, 1.807) is 30.3 Å². The van der Waals surface area contributed by atoms with E-state index in [-0.39, 0.29) is 23.0 Å². The van der Waals surface area contributed by atoms with Gasteiger partial charge < -0.3 is 0 Å². The molecule has 0 aliphatic heterocycles. The Kier molecular flexibility index (Phi) is 5.91. The van der Waals surface area contributed by atoms with Crippen LogP contribution in [0, 0.1) is 0 Å². The third-order valence-corrected chi connectivity index (χ3v) is 5.73. The molecule has 5 aromatic rings. The molecule has 1 aromatic heterocycles. The number of hydrogen-bond acceptors (Lipinski definition) is 3. The van der Waals surface area contributed by atoms with Gasteiger partial charge >= 0.3 is 0 Å². The van der Waals surface area contributed by atoms with Crippen LogP contribution in [-0.4, -0.2) is 16.6 Å². The molecule has 0 saturated heterocycles. The van der Waals surface area contributed by atoms with E-state index in [0.29, 0.717) is 11.1 Å². The van der Waals surface area contributed by atoms with Crippen molar-refractivity contribution in [3.63, 3.8) is 0 Å². The van der Waals surface area contributed by atoms with E-state index in [1.807, 2.05) is 97.1 Å². The Bertz CT molecular complexity index is 1360. The molecule has 4 aromatic carbocycles. The minimum absolute atomic E-state index is 0.217. The summed E-state index contributed by atoms with van der Waals surface area (Å²) in [5.74, 6) is -0.434. The number of carbonyl (C=O) groups excluding carboxylic acids is 2. The smallest absolute Gasteiger partial charge is 0.211 e. The summed E-state index contributed by atoms with van der Waals surface area (Å²) in [5.41, 5.74) is 5.16. The first-order valence-corrected chi connectivity index (χ1v) is 11.1. The first kappa shape index (κ1) is 21.2. The largest absolute Gasteiger partial charge is 0.287 e. The number of benzene rings is 4. The van der Waals surface area contributed by atoms with Crippen molar-refractivity contribution in [3.05, 3.63) is 150 Å². The van der Waals surface area contributed by atoms with Gasteiger partial charge in [-0.3, -0.25) is 9.59 Å². The molecule has 0 spiro atoms. The predicted octanol–water partition coefficient (Wildman–Crippen LogP) is 6.88. The molecule has 5 rings (SSSR count). The van der Waals surface area contributed by atoms with Crippen molar-refractivity contribution in [1.29, 1.82) is 0 Å². The topological polar surface area (TPSA) is 47.0 Å². The highest BCUT2D eigenvalue weighted by molar-refractivity contribution is 6.14. The third kappa shape index (κ3) is 4.19. The molecule has 0 amide bonds. The summed E-state index contributed by atoms with van der Waals surface area (Å²) < 4.78 is 0. The highest BCUT2D eigenvalue weighted by atomic mass is 16.1. The molecular formula is C31H21NO2. The van der Waals surface area contributed by atoms with Gasteiger partial charge in [0.15, 0.2) is 0 Å². The van der Waals surface area contributed by atoms with E-state index in [9.17, 15) is 9.59 Å². The van der Waals surface area contributed by atoms with Crippen LogP contribution < -0.4 is 0 Å². The minimum Gasteiger partial charge on any atom is -0.287 e. The maximum atomic E-state index is 13.5. The van der Waals surface area contributed by atoms with Crippen LogP contribution in [0.15, 0.2) is 127 Å². The number of ketones is 2. The number of carbonyl (C=O) groups is 2. The van der Waals surface area contributed by atoms with Gasteiger partial charge in [0.1, 0.15) is 11.4 Å². The second-order valence-corrected chi connectivity index (χ2v) is 7.89. The van der Waals surface area contributed by atoms with Gasteiger partial charge in [-0.25, -0.2) is 4.98 Å². The highest BCUT2D eigenvalue weighted by Gasteiger charge is 2.20. The molecule has 0 atom stereocenters. The Labute approximate surface area is 198 Å². The molecular weight excluding hydrogens is 418 g/mol. The SMILES string of the molecule is O=C(c1cccc(C(=O)c2ccccc2-c2ccccc2)n1)c1ccccc1-c1ccccc1. The van der Waals surface area contributed by atoms with E-state index in [1.165, 1.54) is 0 Å². The zero-order valence-electron chi connectivity index (χ0n) is 18.4. The van der Waals surface area contributed by atoms with Crippen molar-refractivity contribution >= 4 is 11.6 Å². The van der Waals surface area contributed by atoms with Crippen LogP contribution in [0.4, 0.5) is 0 Å². The molecule has 0 fully saturated rings. The number of nitrogens with zero attached hydrogens (tertiary/aromatic N) is 1. The van der Waals surface area contributed by atoms with Crippen molar-refractivity contribution in [2.24, 2.45) is 0 Å². The van der Waals surface area contributed by atoms with E-state index >= 15 is 0 Å². The fourth-order valence-electron chi connectivity index (χ4n) is 4.06. The lowest BCUT2D eigenvalue weighted by Gasteiger charge is -2.11. The maximum Gasteiger partial charge on any atom is 0.211 e. The number of rotatable bonds is 6. The molecule has 3 nitrogen and oxygen atoms in total. The minimum atomic E-state index is -0.217. The molecule has 1 heterocycles. The lowest BCUT2D eigenvalue weighted by molar-refractivity contribution is 0.103. The van der Waals surface area contributed by atoms with Gasteiger partial charge in [0.25, 0.3) is 0 Å². The predicted molar refractivity (Wildman–Crippen MR) is 135 cm³/mol. The third-order valence-electron chi connectivity index (χ3n) is 5.73. The van der Waals surface area contributed by atoms with E-state index in [2.05, 4.69) is 4.98 Å². The van der Waals surface area contributed by atoms with Gasteiger partial charge in [0.2, 0.25) is 11.6 Å². The lowest BCUT2D eigenvalue weighted by atomic mass is 9.94. The van der Waals surface area contributed by atoms with Gasteiger partial charge in [-0.05, 0) is 34.4 Å². The Morgan fingerprint density at radius 3 is 1.24 bits per heavy atom. The van der Waals surface area contributed by atoms with E-state index in [0.717, 1.165) is 22.3 Å². The summed E-state index contributed by atoms with van der Waals surface area (Å²) in [4.78, 5) is 31.4. The molecule has 0 N–H and O–H groups in total. The van der Waals surface area contributed by atoms with E-state index < -0.39 is 0 Å². The molecule has 3 heteroatoms.